The van der Waals surface area contributed by atoms with E-state index in [-0.39, 0.29) is 5.82 Å². The lowest BCUT2D eigenvalue weighted by Gasteiger charge is -2.37. The van der Waals surface area contributed by atoms with E-state index in [0.29, 0.717) is 12.0 Å². The highest BCUT2D eigenvalue weighted by Gasteiger charge is 2.30. The molecule has 1 aliphatic carbocycles. The van der Waals surface area contributed by atoms with Crippen LogP contribution in [0.5, 0.6) is 0 Å². The van der Waals surface area contributed by atoms with Crippen LogP contribution in [0.1, 0.15) is 24.3 Å². The van der Waals surface area contributed by atoms with E-state index in [1.165, 1.54) is 6.07 Å². The smallest absolute Gasteiger partial charge is 0.123 e. The van der Waals surface area contributed by atoms with Crippen LogP contribution in [0.4, 0.5) is 10.1 Å². The minimum atomic E-state index is -0.144. The summed E-state index contributed by atoms with van der Waals surface area (Å²) in [6, 6.07) is 13.5. The third-order valence-electron chi connectivity index (χ3n) is 3.75. The molecule has 1 fully saturated rings. The summed E-state index contributed by atoms with van der Waals surface area (Å²) in [5.74, 6) is 0.326. The Kier molecular flexibility index (Phi) is 4.13. The van der Waals surface area contributed by atoms with Gasteiger partial charge in [0.25, 0.3) is 0 Å². The van der Waals surface area contributed by atoms with E-state index in [0.717, 1.165) is 33.0 Å². The van der Waals surface area contributed by atoms with E-state index < -0.39 is 0 Å². The second-order valence-electron chi connectivity index (χ2n) is 5.19. The highest BCUT2D eigenvalue weighted by atomic mass is 79.9. The largest absolute Gasteiger partial charge is 0.381 e. The second kappa shape index (κ2) is 5.86. The fourth-order valence-electron chi connectivity index (χ4n) is 2.59. The van der Waals surface area contributed by atoms with Crippen molar-refractivity contribution in [3.05, 3.63) is 62.8 Å². The Balaban J connectivity index is 1.61. The Morgan fingerprint density at radius 2 is 1.85 bits per heavy atom. The van der Waals surface area contributed by atoms with Crippen LogP contribution in [-0.4, -0.2) is 6.04 Å². The first kappa shape index (κ1) is 14.1. The zero-order chi connectivity index (χ0) is 14.1. The molecule has 0 heterocycles. The van der Waals surface area contributed by atoms with Crippen molar-refractivity contribution in [1.82, 2.24) is 0 Å². The lowest BCUT2D eigenvalue weighted by atomic mass is 9.76. The summed E-state index contributed by atoms with van der Waals surface area (Å²) in [6.07, 6.45) is 2.10. The Labute approximate surface area is 134 Å². The molecule has 0 bridgehead atoms. The fraction of sp³-hybridized carbons (Fsp3) is 0.250. The van der Waals surface area contributed by atoms with E-state index >= 15 is 0 Å². The molecule has 0 unspecified atom stereocenters. The molecule has 0 atom stereocenters. The number of rotatable bonds is 3. The van der Waals surface area contributed by atoms with Gasteiger partial charge < -0.3 is 5.32 Å². The molecule has 0 spiro atoms. The van der Waals surface area contributed by atoms with Gasteiger partial charge in [-0.1, -0.05) is 28.1 Å². The lowest BCUT2D eigenvalue weighted by molar-refractivity contribution is 0.373. The zero-order valence-corrected chi connectivity index (χ0v) is 13.9. The van der Waals surface area contributed by atoms with Crippen molar-refractivity contribution in [2.24, 2.45) is 0 Å². The maximum atomic E-state index is 13.2. The predicted molar refractivity (Wildman–Crippen MR) is 87.6 cm³/mol. The Morgan fingerprint density at radius 3 is 2.55 bits per heavy atom. The molecule has 3 rings (SSSR count). The van der Waals surface area contributed by atoms with Crippen molar-refractivity contribution in [2.45, 2.75) is 24.8 Å². The van der Waals surface area contributed by atoms with Gasteiger partial charge >= 0.3 is 0 Å². The highest BCUT2D eigenvalue weighted by Crippen LogP contribution is 2.39. The molecule has 104 valence electrons. The van der Waals surface area contributed by atoms with E-state index in [1.807, 2.05) is 18.2 Å². The molecule has 0 radical (unpaired) electrons. The molecule has 0 aromatic heterocycles. The number of hydrogen-bond donors (Lipinski definition) is 1. The van der Waals surface area contributed by atoms with Gasteiger partial charge in [-0.05, 0) is 70.6 Å². The summed E-state index contributed by atoms with van der Waals surface area (Å²) in [7, 11) is 0. The molecule has 20 heavy (non-hydrogen) atoms. The molecule has 1 N–H and O–H groups in total. The first-order chi connectivity index (χ1) is 9.61. The van der Waals surface area contributed by atoms with Crippen molar-refractivity contribution >= 4 is 37.5 Å². The minimum absolute atomic E-state index is 0.144. The van der Waals surface area contributed by atoms with Crippen molar-refractivity contribution < 1.29 is 4.39 Å². The van der Waals surface area contributed by atoms with Crippen molar-refractivity contribution in [3.8, 4) is 0 Å². The van der Waals surface area contributed by atoms with Gasteiger partial charge in [0.15, 0.2) is 0 Å². The molecule has 1 saturated carbocycles. The van der Waals surface area contributed by atoms with Crippen molar-refractivity contribution in [2.75, 3.05) is 5.32 Å². The Hall–Kier alpha value is -0.870. The summed E-state index contributed by atoms with van der Waals surface area (Å²) >= 11 is 7.00. The van der Waals surface area contributed by atoms with E-state index in [2.05, 4.69) is 43.2 Å². The van der Waals surface area contributed by atoms with Crippen LogP contribution in [0.2, 0.25) is 0 Å². The monoisotopic (exact) mass is 397 g/mol. The maximum Gasteiger partial charge on any atom is 0.123 e. The van der Waals surface area contributed by atoms with Crippen LogP contribution >= 0.6 is 31.9 Å². The fourth-order valence-corrected chi connectivity index (χ4v) is 3.76. The lowest BCUT2D eigenvalue weighted by Crippen LogP contribution is -2.34. The summed E-state index contributed by atoms with van der Waals surface area (Å²) in [5.41, 5.74) is 2.22. The van der Waals surface area contributed by atoms with Gasteiger partial charge in [0.05, 0.1) is 0 Å². The van der Waals surface area contributed by atoms with Gasteiger partial charge in [0.2, 0.25) is 0 Å². The molecule has 4 heteroatoms. The molecule has 2 aromatic rings. The van der Waals surface area contributed by atoms with Crippen molar-refractivity contribution in [1.29, 1.82) is 0 Å². The molecular formula is C16H14Br2FN. The average Bonchev–Trinajstić information content (AvgIpc) is 2.35. The van der Waals surface area contributed by atoms with Crippen LogP contribution in [0.15, 0.2) is 51.4 Å². The van der Waals surface area contributed by atoms with E-state index in [4.69, 9.17) is 0 Å². The number of hydrogen-bond acceptors (Lipinski definition) is 1. The number of halogens is 3. The molecule has 2 aromatic carbocycles. The van der Waals surface area contributed by atoms with Gasteiger partial charge in [-0.3, -0.25) is 0 Å². The normalized spacial score (nSPS) is 21.4. The summed E-state index contributed by atoms with van der Waals surface area (Å²) in [5, 5.41) is 3.53. The third kappa shape index (κ3) is 3.07. The van der Waals surface area contributed by atoms with Crippen molar-refractivity contribution in [3.63, 3.8) is 0 Å². The SMILES string of the molecule is Fc1cccc(C2CC(Nc3ccc(Br)cc3Br)C2)c1. The first-order valence-electron chi connectivity index (χ1n) is 6.59. The Bertz CT molecular complexity index is 624. The summed E-state index contributed by atoms with van der Waals surface area (Å²) in [6.45, 7) is 0. The van der Waals surface area contributed by atoms with Crippen LogP contribution in [0.25, 0.3) is 0 Å². The van der Waals surface area contributed by atoms with Crippen LogP contribution < -0.4 is 5.32 Å². The quantitative estimate of drug-likeness (QED) is 0.698. The van der Waals surface area contributed by atoms with Crippen LogP contribution in [-0.2, 0) is 0 Å². The van der Waals surface area contributed by atoms with Crippen LogP contribution in [0.3, 0.4) is 0 Å². The van der Waals surface area contributed by atoms with Gasteiger partial charge in [-0.15, -0.1) is 0 Å². The number of nitrogens with one attached hydrogen (secondary N) is 1. The highest BCUT2D eigenvalue weighted by molar-refractivity contribution is 9.11. The molecule has 0 saturated heterocycles. The molecule has 0 amide bonds. The third-order valence-corrected chi connectivity index (χ3v) is 4.90. The molecule has 1 aliphatic rings. The summed E-state index contributed by atoms with van der Waals surface area (Å²) in [4.78, 5) is 0. The topological polar surface area (TPSA) is 12.0 Å². The van der Waals surface area contributed by atoms with Gasteiger partial charge in [-0.2, -0.15) is 0 Å². The van der Waals surface area contributed by atoms with Gasteiger partial charge in [-0.25, -0.2) is 4.39 Å². The van der Waals surface area contributed by atoms with E-state index in [9.17, 15) is 4.39 Å². The zero-order valence-electron chi connectivity index (χ0n) is 10.7. The maximum absolute atomic E-state index is 13.2. The van der Waals surface area contributed by atoms with E-state index in [1.54, 1.807) is 12.1 Å². The predicted octanol–water partition coefficient (Wildman–Crippen LogP) is 5.71. The number of benzene rings is 2. The Morgan fingerprint density at radius 1 is 1.05 bits per heavy atom. The molecule has 0 aliphatic heterocycles. The average molecular weight is 399 g/mol. The second-order valence-corrected chi connectivity index (χ2v) is 6.96. The standard InChI is InChI=1S/C16H14Br2FN/c17-12-4-5-16(15(18)9-12)20-14-7-11(8-14)10-2-1-3-13(19)6-10/h1-6,9,11,14,20H,7-8H2. The first-order valence-corrected chi connectivity index (χ1v) is 8.17. The van der Waals surface area contributed by atoms with Crippen LogP contribution in [0, 0.1) is 5.82 Å². The summed E-state index contributed by atoms with van der Waals surface area (Å²) < 4.78 is 15.3. The van der Waals surface area contributed by atoms with Gasteiger partial charge in [0, 0.05) is 20.7 Å². The molecular weight excluding hydrogens is 385 g/mol. The number of anilines is 1. The van der Waals surface area contributed by atoms with Gasteiger partial charge in [0.1, 0.15) is 5.82 Å². The molecule has 1 nitrogen and oxygen atoms in total. The minimum Gasteiger partial charge on any atom is -0.381 e.